The van der Waals surface area contributed by atoms with Crippen molar-refractivity contribution in [3.63, 3.8) is 0 Å². The summed E-state index contributed by atoms with van der Waals surface area (Å²) >= 11 is 0. The van der Waals surface area contributed by atoms with Crippen LogP contribution in [-0.2, 0) is 4.79 Å². The maximum atomic E-state index is 12.3. The summed E-state index contributed by atoms with van der Waals surface area (Å²) in [5.74, 6) is 0.184. The highest BCUT2D eigenvalue weighted by molar-refractivity contribution is 6.42. The van der Waals surface area contributed by atoms with Crippen molar-refractivity contribution in [1.29, 1.82) is 0 Å². The van der Waals surface area contributed by atoms with Crippen LogP contribution in [0.25, 0.3) is 0 Å². The summed E-state index contributed by atoms with van der Waals surface area (Å²) < 4.78 is 5.29. The van der Waals surface area contributed by atoms with E-state index < -0.39 is 5.78 Å². The highest BCUT2D eigenvalue weighted by atomic mass is 16.5. The number of carbonyl (C=O) groups is 2. The van der Waals surface area contributed by atoms with E-state index in [4.69, 9.17) is 4.74 Å². The fraction of sp³-hybridized carbons (Fsp3) is 0.500. The second kappa shape index (κ2) is 6.07. The molecule has 4 heteroatoms. The third-order valence-electron chi connectivity index (χ3n) is 3.70. The zero-order chi connectivity index (χ0) is 14.7. The maximum Gasteiger partial charge on any atom is 0.294 e. The minimum Gasteiger partial charge on any atom is -0.496 e. The predicted octanol–water partition coefficient (Wildman–Crippen LogP) is 2.62. The van der Waals surface area contributed by atoms with Crippen molar-refractivity contribution in [3.05, 3.63) is 29.3 Å². The van der Waals surface area contributed by atoms with Crippen LogP contribution in [0.5, 0.6) is 5.75 Å². The minimum atomic E-state index is -0.420. The van der Waals surface area contributed by atoms with Crippen LogP contribution >= 0.6 is 0 Å². The van der Waals surface area contributed by atoms with Crippen LogP contribution in [0.1, 0.15) is 48.5 Å². The van der Waals surface area contributed by atoms with Crippen molar-refractivity contribution in [1.82, 2.24) is 4.90 Å². The average Bonchev–Trinajstić information content (AvgIpc) is 2.99. The minimum absolute atomic E-state index is 0.236. The molecular weight excluding hydrogens is 254 g/mol. The molecule has 0 aromatic heterocycles. The molecule has 1 aliphatic rings. The van der Waals surface area contributed by atoms with E-state index in [1.54, 1.807) is 30.2 Å². The molecule has 1 aromatic carbocycles. The van der Waals surface area contributed by atoms with E-state index in [-0.39, 0.29) is 11.8 Å². The molecule has 0 spiro atoms. The standard InChI is InChI=1S/C16H21NO3/c1-11(2)13-10-12(6-7-14(13)20-3)15(18)16(19)17-8-4-5-9-17/h6-7,10-11H,4-5,8-9H2,1-3H3. The van der Waals surface area contributed by atoms with Gasteiger partial charge in [0, 0.05) is 18.7 Å². The van der Waals surface area contributed by atoms with Crippen molar-refractivity contribution in [2.45, 2.75) is 32.6 Å². The van der Waals surface area contributed by atoms with Crippen LogP contribution in [-0.4, -0.2) is 36.8 Å². The number of rotatable bonds is 4. The lowest BCUT2D eigenvalue weighted by Gasteiger charge is -2.16. The van der Waals surface area contributed by atoms with Gasteiger partial charge in [-0.25, -0.2) is 0 Å². The second-order valence-corrected chi connectivity index (χ2v) is 5.44. The van der Waals surface area contributed by atoms with E-state index >= 15 is 0 Å². The van der Waals surface area contributed by atoms with E-state index in [1.807, 2.05) is 13.8 Å². The van der Waals surface area contributed by atoms with E-state index in [2.05, 4.69) is 0 Å². The monoisotopic (exact) mass is 275 g/mol. The van der Waals surface area contributed by atoms with Crippen molar-refractivity contribution >= 4 is 11.7 Å². The number of ketones is 1. The molecule has 0 unspecified atom stereocenters. The molecule has 0 bridgehead atoms. The number of nitrogens with zero attached hydrogens (tertiary/aromatic N) is 1. The molecule has 0 N–H and O–H groups in total. The zero-order valence-corrected chi connectivity index (χ0v) is 12.3. The van der Waals surface area contributed by atoms with Crippen LogP contribution in [0.15, 0.2) is 18.2 Å². The van der Waals surface area contributed by atoms with Crippen molar-refractivity contribution in [2.75, 3.05) is 20.2 Å². The van der Waals surface area contributed by atoms with Crippen molar-refractivity contribution in [2.24, 2.45) is 0 Å². The molecule has 0 radical (unpaired) electrons. The van der Waals surface area contributed by atoms with Gasteiger partial charge < -0.3 is 9.64 Å². The van der Waals surface area contributed by atoms with Gasteiger partial charge in [0.25, 0.3) is 5.91 Å². The summed E-state index contributed by atoms with van der Waals surface area (Å²) in [5, 5.41) is 0. The summed E-state index contributed by atoms with van der Waals surface area (Å²) in [4.78, 5) is 26.0. The second-order valence-electron chi connectivity index (χ2n) is 5.44. The van der Waals surface area contributed by atoms with Gasteiger partial charge in [0.2, 0.25) is 5.78 Å². The summed E-state index contributed by atoms with van der Waals surface area (Å²) in [6.07, 6.45) is 1.97. The molecule has 0 saturated carbocycles. The quantitative estimate of drug-likeness (QED) is 0.627. The Labute approximate surface area is 119 Å². The number of methoxy groups -OCH3 is 1. The number of hydrogen-bond acceptors (Lipinski definition) is 3. The molecule has 4 nitrogen and oxygen atoms in total. The van der Waals surface area contributed by atoms with Gasteiger partial charge >= 0.3 is 0 Å². The molecule has 1 amide bonds. The molecule has 20 heavy (non-hydrogen) atoms. The Morgan fingerprint density at radius 1 is 1.20 bits per heavy atom. The fourth-order valence-electron chi connectivity index (χ4n) is 2.51. The van der Waals surface area contributed by atoms with Gasteiger partial charge in [0.1, 0.15) is 5.75 Å². The predicted molar refractivity (Wildman–Crippen MR) is 77.2 cm³/mol. The Morgan fingerprint density at radius 2 is 1.85 bits per heavy atom. The fourth-order valence-corrected chi connectivity index (χ4v) is 2.51. The first-order chi connectivity index (χ1) is 9.54. The van der Waals surface area contributed by atoms with Crippen LogP contribution < -0.4 is 4.74 Å². The number of hydrogen-bond donors (Lipinski definition) is 0. The summed E-state index contributed by atoms with van der Waals surface area (Å²) in [6.45, 7) is 5.46. The normalized spacial score (nSPS) is 14.7. The lowest BCUT2D eigenvalue weighted by molar-refractivity contribution is -0.125. The highest BCUT2D eigenvalue weighted by Crippen LogP contribution is 2.27. The number of likely N-dealkylation sites (tertiary alicyclic amines) is 1. The Balaban J connectivity index is 2.25. The van der Waals surface area contributed by atoms with E-state index in [0.29, 0.717) is 18.7 Å². The van der Waals surface area contributed by atoms with Gasteiger partial charge in [0.15, 0.2) is 0 Å². The molecule has 2 rings (SSSR count). The zero-order valence-electron chi connectivity index (χ0n) is 12.3. The summed E-state index contributed by atoms with van der Waals surface area (Å²) in [6, 6.07) is 5.21. The maximum absolute atomic E-state index is 12.3. The number of amides is 1. The lowest BCUT2D eigenvalue weighted by Crippen LogP contribution is -2.34. The molecule has 1 heterocycles. The number of Topliss-reactive ketones (excluding diaryl/α,β-unsaturated/α-hetero) is 1. The Kier molecular flexibility index (Phi) is 4.42. The first-order valence-electron chi connectivity index (χ1n) is 7.06. The van der Waals surface area contributed by atoms with Crippen LogP contribution in [0, 0.1) is 0 Å². The van der Waals surface area contributed by atoms with Crippen LogP contribution in [0.4, 0.5) is 0 Å². The molecule has 0 aliphatic carbocycles. The molecule has 1 saturated heterocycles. The molecule has 1 aliphatic heterocycles. The molecule has 0 atom stereocenters. The van der Waals surface area contributed by atoms with E-state index in [9.17, 15) is 9.59 Å². The Morgan fingerprint density at radius 3 is 2.40 bits per heavy atom. The van der Waals surface area contributed by atoms with Crippen LogP contribution in [0.3, 0.4) is 0 Å². The highest BCUT2D eigenvalue weighted by Gasteiger charge is 2.26. The molecule has 1 fully saturated rings. The summed E-state index contributed by atoms with van der Waals surface area (Å²) in [7, 11) is 1.61. The van der Waals surface area contributed by atoms with Gasteiger partial charge in [-0.1, -0.05) is 13.8 Å². The molecule has 108 valence electrons. The molecular formula is C16H21NO3. The SMILES string of the molecule is COc1ccc(C(=O)C(=O)N2CCCC2)cc1C(C)C. The number of ether oxygens (including phenoxy) is 1. The number of benzene rings is 1. The average molecular weight is 275 g/mol. The van der Waals surface area contributed by atoms with Gasteiger partial charge in [-0.3, -0.25) is 9.59 Å². The van der Waals surface area contributed by atoms with Crippen LogP contribution in [0.2, 0.25) is 0 Å². The first-order valence-corrected chi connectivity index (χ1v) is 7.06. The topological polar surface area (TPSA) is 46.6 Å². The largest absolute Gasteiger partial charge is 0.496 e. The smallest absolute Gasteiger partial charge is 0.294 e. The summed E-state index contributed by atoms with van der Waals surface area (Å²) in [5.41, 5.74) is 1.40. The Hall–Kier alpha value is -1.84. The number of carbonyl (C=O) groups excluding carboxylic acids is 2. The van der Waals surface area contributed by atoms with Gasteiger partial charge in [-0.05, 0) is 42.5 Å². The Bertz CT molecular complexity index is 516. The van der Waals surface area contributed by atoms with Gasteiger partial charge in [-0.2, -0.15) is 0 Å². The third-order valence-corrected chi connectivity index (χ3v) is 3.70. The van der Waals surface area contributed by atoms with Gasteiger partial charge in [-0.15, -0.1) is 0 Å². The van der Waals surface area contributed by atoms with Crippen molar-refractivity contribution in [3.8, 4) is 5.75 Å². The van der Waals surface area contributed by atoms with E-state index in [1.165, 1.54) is 0 Å². The lowest BCUT2D eigenvalue weighted by atomic mass is 9.97. The third kappa shape index (κ3) is 2.84. The van der Waals surface area contributed by atoms with E-state index in [0.717, 1.165) is 24.2 Å². The first kappa shape index (κ1) is 14.6. The molecule has 1 aromatic rings. The van der Waals surface area contributed by atoms with Gasteiger partial charge in [0.05, 0.1) is 7.11 Å². The van der Waals surface area contributed by atoms with Crippen molar-refractivity contribution < 1.29 is 14.3 Å².